The number of esters is 1. The fraction of sp³-hybridized carbons (Fsp3) is 0.444. The van der Waals surface area contributed by atoms with Gasteiger partial charge in [0.1, 0.15) is 11.6 Å². The Morgan fingerprint density at radius 1 is 1.21 bits per heavy atom. The predicted octanol–water partition coefficient (Wildman–Crippen LogP) is 3.21. The standard InChI is InChI=1S/C18H23NO5/c1-6-12(2)11-24-18(20)14(10-19)7-13-8-15(21-3)17(23-5)16(9-13)22-4/h7-9,12H,6,11H2,1-5H3/b14-7+. The Morgan fingerprint density at radius 3 is 2.21 bits per heavy atom. The van der Waals surface area contributed by atoms with Crippen LogP contribution < -0.4 is 14.2 Å². The van der Waals surface area contributed by atoms with Crippen molar-refractivity contribution < 1.29 is 23.7 Å². The number of ether oxygens (including phenoxy) is 4. The number of methoxy groups -OCH3 is 3. The van der Waals surface area contributed by atoms with Crippen molar-refractivity contribution in [2.75, 3.05) is 27.9 Å². The number of carbonyl (C=O) groups is 1. The van der Waals surface area contributed by atoms with Gasteiger partial charge >= 0.3 is 5.97 Å². The summed E-state index contributed by atoms with van der Waals surface area (Å²) in [6.07, 6.45) is 2.33. The number of rotatable bonds is 8. The smallest absolute Gasteiger partial charge is 0.348 e. The van der Waals surface area contributed by atoms with E-state index >= 15 is 0 Å². The maximum atomic E-state index is 12.0. The lowest BCUT2D eigenvalue weighted by molar-refractivity contribution is -0.139. The molecule has 24 heavy (non-hydrogen) atoms. The summed E-state index contributed by atoms with van der Waals surface area (Å²) in [5, 5.41) is 9.23. The number of nitriles is 1. The average molecular weight is 333 g/mol. The molecule has 0 fully saturated rings. The summed E-state index contributed by atoms with van der Waals surface area (Å²) in [7, 11) is 4.50. The molecule has 1 aromatic carbocycles. The largest absolute Gasteiger partial charge is 0.493 e. The minimum atomic E-state index is -0.647. The van der Waals surface area contributed by atoms with Gasteiger partial charge in [0.2, 0.25) is 5.75 Å². The van der Waals surface area contributed by atoms with E-state index in [2.05, 4.69) is 0 Å². The molecule has 6 nitrogen and oxygen atoms in total. The van der Waals surface area contributed by atoms with Crippen molar-refractivity contribution in [3.63, 3.8) is 0 Å². The molecule has 1 unspecified atom stereocenters. The maximum absolute atomic E-state index is 12.0. The Bertz CT molecular complexity index is 620. The van der Waals surface area contributed by atoms with E-state index in [1.165, 1.54) is 27.4 Å². The van der Waals surface area contributed by atoms with E-state index in [1.54, 1.807) is 12.1 Å². The van der Waals surface area contributed by atoms with Crippen LogP contribution >= 0.6 is 0 Å². The molecule has 0 bridgehead atoms. The number of hydrogen-bond donors (Lipinski definition) is 0. The second-order valence-electron chi connectivity index (χ2n) is 5.24. The molecule has 0 aromatic heterocycles. The summed E-state index contributed by atoms with van der Waals surface area (Å²) in [4.78, 5) is 12.0. The Balaban J connectivity index is 3.12. The average Bonchev–Trinajstić information content (AvgIpc) is 2.62. The van der Waals surface area contributed by atoms with Gasteiger partial charge in [-0.25, -0.2) is 4.79 Å². The van der Waals surface area contributed by atoms with Crippen LogP contribution in [-0.4, -0.2) is 33.9 Å². The molecule has 0 amide bonds. The topological polar surface area (TPSA) is 77.8 Å². The van der Waals surface area contributed by atoms with Crippen molar-refractivity contribution in [3.8, 4) is 23.3 Å². The highest BCUT2D eigenvalue weighted by molar-refractivity contribution is 5.98. The van der Waals surface area contributed by atoms with Gasteiger partial charge in [0.25, 0.3) is 0 Å². The summed E-state index contributed by atoms with van der Waals surface area (Å²) >= 11 is 0. The number of hydrogen-bond acceptors (Lipinski definition) is 6. The first kappa shape index (κ1) is 19.4. The minimum absolute atomic E-state index is 0.0902. The van der Waals surface area contributed by atoms with Gasteiger partial charge in [-0.3, -0.25) is 0 Å². The van der Waals surface area contributed by atoms with Crippen LogP contribution in [-0.2, 0) is 9.53 Å². The fourth-order valence-corrected chi connectivity index (χ4v) is 1.90. The summed E-state index contributed by atoms with van der Waals surface area (Å²) in [5.74, 6) is 0.915. The molecule has 0 spiro atoms. The molecule has 0 aliphatic carbocycles. The van der Waals surface area contributed by atoms with Crippen molar-refractivity contribution >= 4 is 12.0 Å². The highest BCUT2D eigenvalue weighted by Crippen LogP contribution is 2.38. The Morgan fingerprint density at radius 2 is 1.79 bits per heavy atom. The highest BCUT2D eigenvalue weighted by atomic mass is 16.5. The molecular formula is C18H23NO5. The molecule has 1 aromatic rings. The predicted molar refractivity (Wildman–Crippen MR) is 90.1 cm³/mol. The second kappa shape index (κ2) is 9.46. The molecule has 130 valence electrons. The van der Waals surface area contributed by atoms with E-state index in [-0.39, 0.29) is 18.1 Å². The number of benzene rings is 1. The summed E-state index contributed by atoms with van der Waals surface area (Å²) in [5.41, 5.74) is 0.481. The van der Waals surface area contributed by atoms with Crippen LogP contribution in [0.15, 0.2) is 17.7 Å². The van der Waals surface area contributed by atoms with E-state index in [0.29, 0.717) is 22.8 Å². The SMILES string of the molecule is CCC(C)COC(=O)/C(C#N)=C/c1cc(OC)c(OC)c(OC)c1. The van der Waals surface area contributed by atoms with Crippen LogP contribution in [0.2, 0.25) is 0 Å². The van der Waals surface area contributed by atoms with Gasteiger partial charge in [-0.1, -0.05) is 20.3 Å². The van der Waals surface area contributed by atoms with Crippen LogP contribution in [0, 0.1) is 17.2 Å². The lowest BCUT2D eigenvalue weighted by atomic mass is 10.1. The van der Waals surface area contributed by atoms with Gasteiger partial charge in [-0.05, 0) is 29.7 Å². The van der Waals surface area contributed by atoms with Gasteiger partial charge in [-0.15, -0.1) is 0 Å². The van der Waals surface area contributed by atoms with Crippen LogP contribution in [0.25, 0.3) is 6.08 Å². The molecule has 0 heterocycles. The fourth-order valence-electron chi connectivity index (χ4n) is 1.90. The second-order valence-corrected chi connectivity index (χ2v) is 5.24. The molecular weight excluding hydrogens is 310 g/mol. The lowest BCUT2D eigenvalue weighted by Crippen LogP contribution is -2.12. The Hall–Kier alpha value is -2.68. The first-order valence-electron chi connectivity index (χ1n) is 7.59. The maximum Gasteiger partial charge on any atom is 0.348 e. The molecule has 1 atom stereocenters. The molecule has 1 rings (SSSR count). The zero-order valence-electron chi connectivity index (χ0n) is 14.7. The van der Waals surface area contributed by atoms with Gasteiger partial charge in [-0.2, -0.15) is 5.26 Å². The highest BCUT2D eigenvalue weighted by Gasteiger charge is 2.16. The lowest BCUT2D eigenvalue weighted by Gasteiger charge is -2.13. The van der Waals surface area contributed by atoms with Crippen molar-refractivity contribution in [1.82, 2.24) is 0 Å². The summed E-state index contributed by atoms with van der Waals surface area (Å²) in [6, 6.07) is 5.18. The molecule has 0 saturated carbocycles. The van der Waals surface area contributed by atoms with Crippen molar-refractivity contribution in [1.29, 1.82) is 5.26 Å². The third-order valence-corrected chi connectivity index (χ3v) is 3.53. The van der Waals surface area contributed by atoms with Gasteiger partial charge < -0.3 is 18.9 Å². The van der Waals surface area contributed by atoms with Gasteiger partial charge in [0.15, 0.2) is 11.5 Å². The first-order chi connectivity index (χ1) is 11.5. The molecule has 6 heteroatoms. The van der Waals surface area contributed by atoms with E-state index < -0.39 is 5.97 Å². The minimum Gasteiger partial charge on any atom is -0.493 e. The third-order valence-electron chi connectivity index (χ3n) is 3.53. The summed E-state index contributed by atoms with van der Waals surface area (Å²) in [6.45, 7) is 4.27. The molecule has 0 aliphatic rings. The van der Waals surface area contributed by atoms with E-state index in [9.17, 15) is 10.1 Å². The van der Waals surface area contributed by atoms with Crippen LogP contribution in [0.4, 0.5) is 0 Å². The Labute approximate surface area is 142 Å². The van der Waals surface area contributed by atoms with Gasteiger partial charge in [0.05, 0.1) is 27.9 Å². The van der Waals surface area contributed by atoms with Crippen LogP contribution in [0.5, 0.6) is 17.2 Å². The number of carbonyl (C=O) groups excluding carboxylic acids is 1. The number of nitrogens with zero attached hydrogens (tertiary/aromatic N) is 1. The van der Waals surface area contributed by atoms with Crippen molar-refractivity contribution in [2.45, 2.75) is 20.3 Å². The molecule has 0 aliphatic heterocycles. The van der Waals surface area contributed by atoms with Crippen LogP contribution in [0.1, 0.15) is 25.8 Å². The van der Waals surface area contributed by atoms with Crippen molar-refractivity contribution in [2.24, 2.45) is 5.92 Å². The van der Waals surface area contributed by atoms with Gasteiger partial charge in [0, 0.05) is 0 Å². The third kappa shape index (κ3) is 4.92. The van der Waals surface area contributed by atoms with E-state index in [4.69, 9.17) is 18.9 Å². The quantitative estimate of drug-likeness (QED) is 0.413. The summed E-state index contributed by atoms with van der Waals surface area (Å²) < 4.78 is 20.9. The zero-order chi connectivity index (χ0) is 18.1. The van der Waals surface area contributed by atoms with E-state index in [0.717, 1.165) is 6.42 Å². The zero-order valence-corrected chi connectivity index (χ0v) is 14.7. The van der Waals surface area contributed by atoms with E-state index in [1.807, 2.05) is 19.9 Å². The van der Waals surface area contributed by atoms with Crippen molar-refractivity contribution in [3.05, 3.63) is 23.3 Å². The molecule has 0 N–H and O–H groups in total. The monoisotopic (exact) mass is 333 g/mol. The normalized spacial score (nSPS) is 12.1. The van der Waals surface area contributed by atoms with Crippen LogP contribution in [0.3, 0.4) is 0 Å². The molecule has 0 radical (unpaired) electrons. The first-order valence-corrected chi connectivity index (χ1v) is 7.59. The molecule has 0 saturated heterocycles. The Kier molecular flexibility index (Phi) is 7.63.